The Balaban J connectivity index is 3.08. The molecule has 0 radical (unpaired) electrons. The molecule has 1 N–H and O–H groups in total. The van der Waals surface area contributed by atoms with Crippen molar-refractivity contribution in [2.75, 3.05) is 24.3 Å². The van der Waals surface area contributed by atoms with Crippen LogP contribution in [0.5, 0.6) is 0 Å². The summed E-state index contributed by atoms with van der Waals surface area (Å²) in [6.07, 6.45) is 0.847. The molecule has 18 heavy (non-hydrogen) atoms. The molecular weight excluding hydrogens is 224 g/mol. The first-order valence-electron chi connectivity index (χ1n) is 6.58. The Morgan fingerprint density at radius 1 is 1.33 bits per heavy atom. The molecular formula is C14H26N4. The molecule has 0 saturated carbocycles. The van der Waals surface area contributed by atoms with Gasteiger partial charge in [-0.1, -0.05) is 27.7 Å². The third-order valence-corrected chi connectivity index (χ3v) is 3.53. The van der Waals surface area contributed by atoms with Crippen molar-refractivity contribution in [1.82, 2.24) is 9.97 Å². The largest absolute Gasteiger partial charge is 0.373 e. The molecule has 0 bridgehead atoms. The highest BCUT2D eigenvalue weighted by molar-refractivity contribution is 5.49. The van der Waals surface area contributed by atoms with E-state index in [2.05, 4.69) is 61.9 Å². The minimum atomic E-state index is 0.214. The van der Waals surface area contributed by atoms with Gasteiger partial charge in [-0.2, -0.15) is 0 Å². The van der Waals surface area contributed by atoms with Gasteiger partial charge in [0, 0.05) is 32.6 Å². The molecule has 0 saturated heterocycles. The molecule has 1 aromatic heterocycles. The molecule has 0 aromatic carbocycles. The van der Waals surface area contributed by atoms with Crippen molar-refractivity contribution in [3.05, 3.63) is 11.9 Å². The highest BCUT2D eigenvalue weighted by Crippen LogP contribution is 2.27. The number of nitrogens with zero attached hydrogens (tertiary/aromatic N) is 3. The fourth-order valence-corrected chi connectivity index (χ4v) is 1.73. The number of nitrogens with one attached hydrogen (secondary N) is 1. The molecule has 0 aliphatic rings. The number of hydrogen-bond acceptors (Lipinski definition) is 4. The maximum absolute atomic E-state index is 4.61. The molecule has 1 aromatic rings. The second kappa shape index (κ2) is 5.55. The van der Waals surface area contributed by atoms with Gasteiger partial charge in [0.1, 0.15) is 17.5 Å². The van der Waals surface area contributed by atoms with Crippen molar-refractivity contribution in [3.8, 4) is 0 Å². The van der Waals surface area contributed by atoms with Gasteiger partial charge < -0.3 is 10.2 Å². The molecule has 0 amide bonds. The van der Waals surface area contributed by atoms with Crippen molar-refractivity contribution in [2.45, 2.75) is 47.1 Å². The van der Waals surface area contributed by atoms with Crippen LogP contribution >= 0.6 is 0 Å². The molecule has 1 rings (SSSR count). The van der Waals surface area contributed by atoms with Crippen molar-refractivity contribution < 1.29 is 0 Å². The summed E-state index contributed by atoms with van der Waals surface area (Å²) in [6, 6.07) is 2.41. The fourth-order valence-electron chi connectivity index (χ4n) is 1.73. The molecule has 0 aliphatic carbocycles. The van der Waals surface area contributed by atoms with Crippen LogP contribution in [-0.2, 0) is 6.42 Å². The first-order chi connectivity index (χ1) is 8.29. The Morgan fingerprint density at radius 3 is 2.39 bits per heavy atom. The van der Waals surface area contributed by atoms with E-state index in [0.717, 1.165) is 23.9 Å². The number of aromatic nitrogens is 2. The van der Waals surface area contributed by atoms with Gasteiger partial charge in [0.2, 0.25) is 0 Å². The summed E-state index contributed by atoms with van der Waals surface area (Å²) in [6.45, 7) is 11.0. The topological polar surface area (TPSA) is 41.1 Å². The molecule has 0 aliphatic heterocycles. The van der Waals surface area contributed by atoms with Crippen LogP contribution in [0.15, 0.2) is 6.07 Å². The second-order valence-electron chi connectivity index (χ2n) is 5.78. The Morgan fingerprint density at radius 2 is 1.94 bits per heavy atom. The molecule has 1 heterocycles. The first kappa shape index (κ1) is 14.7. The average Bonchev–Trinajstić information content (AvgIpc) is 2.35. The zero-order chi connectivity index (χ0) is 13.9. The molecule has 0 spiro atoms. The van der Waals surface area contributed by atoms with Gasteiger partial charge in [-0.05, 0) is 12.3 Å². The first-order valence-corrected chi connectivity index (χ1v) is 6.58. The summed E-state index contributed by atoms with van der Waals surface area (Å²) in [7, 11) is 3.98. The molecule has 1 atom stereocenters. The third-order valence-electron chi connectivity index (χ3n) is 3.53. The quantitative estimate of drug-likeness (QED) is 0.892. The number of aryl methyl sites for hydroxylation is 1. The smallest absolute Gasteiger partial charge is 0.134 e. The van der Waals surface area contributed by atoms with Gasteiger partial charge in [-0.15, -0.1) is 0 Å². The van der Waals surface area contributed by atoms with Gasteiger partial charge >= 0.3 is 0 Å². The van der Waals surface area contributed by atoms with Gasteiger partial charge in [0.25, 0.3) is 0 Å². The predicted molar refractivity (Wildman–Crippen MR) is 78.3 cm³/mol. The van der Waals surface area contributed by atoms with Crippen molar-refractivity contribution in [3.63, 3.8) is 0 Å². The van der Waals surface area contributed by atoms with Crippen LogP contribution in [0.2, 0.25) is 0 Å². The van der Waals surface area contributed by atoms with E-state index in [1.165, 1.54) is 0 Å². The standard InChI is InChI=1S/C14H26N4/c1-8-11-16-12(15-6)9-13(17-11)18(7)10(2)14(3,4)5/h9-10H,8H2,1-7H3,(H,15,16,17). The van der Waals surface area contributed by atoms with Crippen molar-refractivity contribution in [2.24, 2.45) is 5.41 Å². The number of rotatable bonds is 4. The van der Waals surface area contributed by atoms with Crippen molar-refractivity contribution >= 4 is 11.6 Å². The zero-order valence-electron chi connectivity index (χ0n) is 12.7. The summed E-state index contributed by atoms with van der Waals surface area (Å²) >= 11 is 0. The zero-order valence-corrected chi connectivity index (χ0v) is 12.7. The minimum Gasteiger partial charge on any atom is -0.373 e. The van der Waals surface area contributed by atoms with Crippen LogP contribution in [0.25, 0.3) is 0 Å². The molecule has 4 nitrogen and oxygen atoms in total. The Hall–Kier alpha value is -1.32. The SMILES string of the molecule is CCc1nc(NC)cc(N(C)C(C)C(C)(C)C)n1. The van der Waals surface area contributed by atoms with Crippen LogP contribution < -0.4 is 10.2 Å². The molecule has 4 heteroatoms. The minimum absolute atomic E-state index is 0.214. The third kappa shape index (κ3) is 3.34. The van der Waals surface area contributed by atoms with E-state index in [-0.39, 0.29) is 5.41 Å². The summed E-state index contributed by atoms with van der Waals surface area (Å²) in [5, 5.41) is 3.10. The highest BCUT2D eigenvalue weighted by atomic mass is 15.2. The predicted octanol–water partition coefficient (Wildman–Crippen LogP) is 2.95. The lowest BCUT2D eigenvalue weighted by molar-refractivity contribution is 0.328. The van der Waals surface area contributed by atoms with Gasteiger partial charge in [0.05, 0.1) is 0 Å². The maximum Gasteiger partial charge on any atom is 0.134 e. The van der Waals surface area contributed by atoms with Crippen LogP contribution in [0.4, 0.5) is 11.6 Å². The molecule has 0 fully saturated rings. The Kier molecular flexibility index (Phi) is 4.54. The van der Waals surface area contributed by atoms with Gasteiger partial charge in [-0.25, -0.2) is 9.97 Å². The Labute approximate surface area is 111 Å². The monoisotopic (exact) mass is 250 g/mol. The average molecular weight is 250 g/mol. The van der Waals surface area contributed by atoms with E-state index in [0.29, 0.717) is 6.04 Å². The lowest BCUT2D eigenvalue weighted by Crippen LogP contribution is -2.40. The van der Waals surface area contributed by atoms with Crippen molar-refractivity contribution in [1.29, 1.82) is 0 Å². The van der Waals surface area contributed by atoms with Crippen LogP contribution in [0.3, 0.4) is 0 Å². The van der Waals surface area contributed by atoms with E-state index < -0.39 is 0 Å². The highest BCUT2D eigenvalue weighted by Gasteiger charge is 2.25. The fraction of sp³-hybridized carbons (Fsp3) is 0.714. The molecule has 1 unspecified atom stereocenters. The van der Waals surface area contributed by atoms with E-state index in [1.807, 2.05) is 13.1 Å². The van der Waals surface area contributed by atoms with Crippen LogP contribution in [0, 0.1) is 5.41 Å². The normalized spacial score (nSPS) is 13.3. The maximum atomic E-state index is 4.61. The van der Waals surface area contributed by atoms with E-state index in [1.54, 1.807) is 0 Å². The van der Waals surface area contributed by atoms with Crippen LogP contribution in [0.1, 0.15) is 40.4 Å². The number of anilines is 2. The summed E-state index contributed by atoms with van der Waals surface area (Å²) in [5.74, 6) is 2.74. The Bertz CT molecular complexity index is 373. The van der Waals surface area contributed by atoms with E-state index in [9.17, 15) is 0 Å². The van der Waals surface area contributed by atoms with E-state index >= 15 is 0 Å². The lowest BCUT2D eigenvalue weighted by atomic mass is 9.87. The summed E-state index contributed by atoms with van der Waals surface area (Å²) < 4.78 is 0. The van der Waals surface area contributed by atoms with E-state index in [4.69, 9.17) is 0 Å². The second-order valence-corrected chi connectivity index (χ2v) is 5.78. The summed E-state index contributed by atoms with van der Waals surface area (Å²) in [5.41, 5.74) is 0.214. The number of hydrogen-bond donors (Lipinski definition) is 1. The van der Waals surface area contributed by atoms with Gasteiger partial charge in [0.15, 0.2) is 0 Å². The molecule has 102 valence electrons. The van der Waals surface area contributed by atoms with Gasteiger partial charge in [-0.3, -0.25) is 0 Å². The van der Waals surface area contributed by atoms with Crippen LogP contribution in [-0.4, -0.2) is 30.1 Å². The lowest BCUT2D eigenvalue weighted by Gasteiger charge is -2.36. The summed E-state index contributed by atoms with van der Waals surface area (Å²) in [4.78, 5) is 11.3.